The normalized spacial score (nSPS) is 10.5. The fraction of sp³-hybridized carbons (Fsp3) is 0.200. The van der Waals surface area contributed by atoms with E-state index < -0.39 is 0 Å². The lowest BCUT2D eigenvalue weighted by atomic mass is 10.2. The smallest absolute Gasteiger partial charge is 0.277 e. The van der Waals surface area contributed by atoms with Crippen molar-refractivity contribution < 1.29 is 18.7 Å². The first-order valence-corrected chi connectivity index (χ1v) is 10.8. The molecule has 0 saturated carbocycles. The van der Waals surface area contributed by atoms with Crippen LogP contribution in [0.3, 0.4) is 0 Å². The van der Waals surface area contributed by atoms with Gasteiger partial charge >= 0.3 is 0 Å². The summed E-state index contributed by atoms with van der Waals surface area (Å²) in [5, 5.41) is 13.5. The summed E-state index contributed by atoms with van der Waals surface area (Å²) in [6.45, 7) is 2.27. The van der Waals surface area contributed by atoms with Crippen molar-refractivity contribution in [1.82, 2.24) is 15.5 Å². The number of anilines is 1. The number of para-hydroxylation sites is 2. The van der Waals surface area contributed by atoms with Gasteiger partial charge in [-0.3, -0.25) is 9.59 Å². The van der Waals surface area contributed by atoms with Crippen LogP contribution in [0.4, 0.5) is 5.69 Å². The molecular weight excluding hydrogens is 472 g/mol. The predicted molar refractivity (Wildman–Crippen MR) is 117 cm³/mol. The molecule has 1 aromatic heterocycles. The van der Waals surface area contributed by atoms with Crippen molar-refractivity contribution >= 4 is 45.2 Å². The van der Waals surface area contributed by atoms with Crippen molar-refractivity contribution in [3.05, 3.63) is 53.0 Å². The number of carbonyl (C=O) groups is 2. The summed E-state index contributed by atoms with van der Waals surface area (Å²) in [6, 6.07) is 14.6. The van der Waals surface area contributed by atoms with Crippen LogP contribution in [-0.2, 0) is 9.59 Å². The Morgan fingerprint density at radius 2 is 1.87 bits per heavy atom. The van der Waals surface area contributed by atoms with Crippen LogP contribution in [0.5, 0.6) is 5.75 Å². The number of carbonyl (C=O) groups excluding carboxylic acids is 2. The van der Waals surface area contributed by atoms with Gasteiger partial charge in [-0.15, -0.1) is 10.2 Å². The van der Waals surface area contributed by atoms with E-state index >= 15 is 0 Å². The molecule has 0 bridgehead atoms. The largest absolute Gasteiger partial charge is 0.493 e. The fourth-order valence-corrected chi connectivity index (χ4v) is 3.39. The maximum Gasteiger partial charge on any atom is 0.277 e. The van der Waals surface area contributed by atoms with Gasteiger partial charge in [0.2, 0.25) is 11.8 Å². The maximum atomic E-state index is 12.0. The third kappa shape index (κ3) is 6.07. The van der Waals surface area contributed by atoms with E-state index in [0.29, 0.717) is 29.5 Å². The number of benzene rings is 2. The van der Waals surface area contributed by atoms with Gasteiger partial charge in [0.05, 0.1) is 30.2 Å². The molecule has 2 amide bonds. The van der Waals surface area contributed by atoms with Gasteiger partial charge < -0.3 is 19.8 Å². The minimum absolute atomic E-state index is 0.0387. The van der Waals surface area contributed by atoms with Crippen LogP contribution in [0, 0.1) is 0 Å². The van der Waals surface area contributed by atoms with E-state index in [1.54, 1.807) is 12.1 Å². The second-order valence-corrected chi connectivity index (χ2v) is 7.68. The van der Waals surface area contributed by atoms with Crippen LogP contribution in [0.15, 0.2) is 62.6 Å². The molecule has 1 heterocycles. The Bertz CT molecular complexity index is 1030. The Balaban J connectivity index is 1.48. The number of nitrogens with zero attached hydrogens (tertiary/aromatic N) is 2. The summed E-state index contributed by atoms with van der Waals surface area (Å²) in [5.74, 6) is 0.352. The molecule has 0 radical (unpaired) electrons. The fourth-order valence-electron chi connectivity index (χ4n) is 2.42. The Morgan fingerprint density at radius 1 is 1.10 bits per heavy atom. The summed E-state index contributed by atoms with van der Waals surface area (Å²) in [6.07, 6.45) is 0. The number of ether oxygens (including phenoxy) is 1. The van der Waals surface area contributed by atoms with Crippen LogP contribution < -0.4 is 15.4 Å². The highest BCUT2D eigenvalue weighted by Gasteiger charge is 2.15. The number of hydrogen-bond donors (Lipinski definition) is 2. The SMILES string of the molecule is CCOc1ccccc1-c1nnc(SCC(=O)NCC(=O)Nc2ccccc2Br)o1. The molecule has 156 valence electrons. The van der Waals surface area contributed by atoms with Crippen molar-refractivity contribution in [1.29, 1.82) is 0 Å². The van der Waals surface area contributed by atoms with Crippen molar-refractivity contribution in [3.63, 3.8) is 0 Å². The number of nitrogens with one attached hydrogen (secondary N) is 2. The molecule has 0 spiro atoms. The summed E-state index contributed by atoms with van der Waals surface area (Å²) in [4.78, 5) is 24.0. The molecule has 0 aliphatic rings. The molecule has 3 rings (SSSR count). The molecule has 0 fully saturated rings. The number of amides is 2. The van der Waals surface area contributed by atoms with E-state index in [1.165, 1.54) is 0 Å². The molecule has 0 aliphatic carbocycles. The van der Waals surface area contributed by atoms with Gasteiger partial charge in [-0.05, 0) is 47.1 Å². The van der Waals surface area contributed by atoms with Gasteiger partial charge in [0.15, 0.2) is 0 Å². The Labute approximate surface area is 185 Å². The van der Waals surface area contributed by atoms with Crippen LogP contribution in [0.2, 0.25) is 0 Å². The Morgan fingerprint density at radius 3 is 2.67 bits per heavy atom. The average molecular weight is 491 g/mol. The summed E-state index contributed by atoms with van der Waals surface area (Å²) < 4.78 is 11.9. The predicted octanol–water partition coefficient (Wildman–Crippen LogP) is 3.74. The number of hydrogen-bond acceptors (Lipinski definition) is 7. The molecule has 0 aliphatic heterocycles. The number of aromatic nitrogens is 2. The first-order chi connectivity index (χ1) is 14.6. The summed E-state index contributed by atoms with van der Waals surface area (Å²) in [7, 11) is 0. The van der Waals surface area contributed by atoms with Crippen LogP contribution >= 0.6 is 27.7 Å². The zero-order valence-corrected chi connectivity index (χ0v) is 18.5. The first kappa shape index (κ1) is 21.8. The van der Waals surface area contributed by atoms with E-state index in [9.17, 15) is 9.59 Å². The number of thioether (sulfide) groups is 1. The standard InChI is InChI=1S/C20H19BrN4O4S/c1-2-28-16-10-6-3-7-13(16)19-24-25-20(29-19)30-12-18(27)22-11-17(26)23-15-9-5-4-8-14(15)21/h3-10H,2,11-12H2,1H3,(H,22,27)(H,23,26). The molecule has 2 aromatic carbocycles. The number of rotatable bonds is 9. The molecule has 0 unspecified atom stereocenters. The van der Waals surface area contributed by atoms with Crippen molar-refractivity contribution in [3.8, 4) is 17.2 Å². The van der Waals surface area contributed by atoms with Gasteiger partial charge in [0.25, 0.3) is 11.1 Å². The van der Waals surface area contributed by atoms with Gasteiger partial charge in [0, 0.05) is 4.47 Å². The van der Waals surface area contributed by atoms with E-state index in [1.807, 2.05) is 43.3 Å². The van der Waals surface area contributed by atoms with Gasteiger partial charge in [-0.1, -0.05) is 36.0 Å². The van der Waals surface area contributed by atoms with Crippen LogP contribution in [0.1, 0.15) is 6.92 Å². The summed E-state index contributed by atoms with van der Waals surface area (Å²) in [5.41, 5.74) is 1.32. The highest BCUT2D eigenvalue weighted by Crippen LogP contribution is 2.30. The third-order valence-corrected chi connectivity index (χ3v) is 5.25. The van der Waals surface area contributed by atoms with E-state index in [4.69, 9.17) is 9.15 Å². The number of halogens is 1. The minimum Gasteiger partial charge on any atom is -0.493 e. The molecule has 30 heavy (non-hydrogen) atoms. The lowest BCUT2D eigenvalue weighted by Crippen LogP contribution is -2.33. The lowest BCUT2D eigenvalue weighted by molar-refractivity contribution is -0.122. The molecule has 3 aromatic rings. The van der Waals surface area contributed by atoms with Gasteiger partial charge in [-0.2, -0.15) is 0 Å². The Kier molecular flexibility index (Phi) is 7.86. The van der Waals surface area contributed by atoms with E-state index in [2.05, 4.69) is 36.8 Å². The molecule has 0 saturated heterocycles. The highest BCUT2D eigenvalue weighted by molar-refractivity contribution is 9.10. The third-order valence-electron chi connectivity index (χ3n) is 3.74. The van der Waals surface area contributed by atoms with E-state index in [-0.39, 0.29) is 29.3 Å². The molecule has 8 nitrogen and oxygen atoms in total. The van der Waals surface area contributed by atoms with Gasteiger partial charge in [-0.25, -0.2) is 0 Å². The summed E-state index contributed by atoms with van der Waals surface area (Å²) >= 11 is 4.44. The topological polar surface area (TPSA) is 106 Å². The molecular formula is C20H19BrN4O4S. The zero-order chi connectivity index (χ0) is 21.3. The van der Waals surface area contributed by atoms with Gasteiger partial charge in [0.1, 0.15) is 5.75 Å². The second kappa shape index (κ2) is 10.8. The minimum atomic E-state index is -0.326. The maximum absolute atomic E-state index is 12.0. The zero-order valence-electron chi connectivity index (χ0n) is 16.1. The molecule has 0 atom stereocenters. The van der Waals surface area contributed by atoms with E-state index in [0.717, 1.165) is 16.2 Å². The quantitative estimate of drug-likeness (QED) is 0.439. The monoisotopic (exact) mass is 490 g/mol. The second-order valence-electron chi connectivity index (χ2n) is 5.90. The van der Waals surface area contributed by atoms with Crippen molar-refractivity contribution in [2.75, 3.05) is 24.2 Å². The highest BCUT2D eigenvalue weighted by atomic mass is 79.9. The van der Waals surface area contributed by atoms with Crippen molar-refractivity contribution in [2.45, 2.75) is 12.1 Å². The van der Waals surface area contributed by atoms with Crippen molar-refractivity contribution in [2.24, 2.45) is 0 Å². The average Bonchev–Trinajstić information content (AvgIpc) is 3.22. The molecule has 10 heteroatoms. The lowest BCUT2D eigenvalue weighted by Gasteiger charge is -2.08. The van der Waals surface area contributed by atoms with Crippen LogP contribution in [-0.4, -0.2) is 40.9 Å². The molecule has 2 N–H and O–H groups in total. The van der Waals surface area contributed by atoms with Crippen LogP contribution in [0.25, 0.3) is 11.5 Å². The first-order valence-electron chi connectivity index (χ1n) is 9.06. The Hall–Kier alpha value is -2.85.